The van der Waals surface area contributed by atoms with Crippen LogP contribution in [0.1, 0.15) is 53.4 Å². The van der Waals surface area contributed by atoms with Gasteiger partial charge in [-0.2, -0.15) is 5.10 Å². The average molecular weight is 338 g/mol. The van der Waals surface area contributed by atoms with Crippen molar-refractivity contribution in [2.45, 2.75) is 40.0 Å². The Morgan fingerprint density at radius 2 is 1.68 bits per heavy atom. The van der Waals surface area contributed by atoms with Crippen molar-refractivity contribution in [1.82, 2.24) is 5.43 Å². The maximum Gasteiger partial charge on any atom is 0.271 e. The first-order chi connectivity index (χ1) is 11.7. The van der Waals surface area contributed by atoms with E-state index in [1.54, 1.807) is 13.3 Å². The number of ether oxygens (including phenoxy) is 1. The van der Waals surface area contributed by atoms with Crippen LogP contribution >= 0.6 is 0 Å². The highest BCUT2D eigenvalue weighted by Crippen LogP contribution is 2.23. The second-order valence-electron chi connectivity index (χ2n) is 7.13. The van der Waals surface area contributed by atoms with Crippen molar-refractivity contribution < 1.29 is 9.53 Å². The largest absolute Gasteiger partial charge is 0.496 e. The monoisotopic (exact) mass is 338 g/mol. The van der Waals surface area contributed by atoms with E-state index in [1.165, 1.54) is 5.56 Å². The van der Waals surface area contributed by atoms with E-state index < -0.39 is 0 Å². The van der Waals surface area contributed by atoms with Crippen LogP contribution in [0.15, 0.2) is 41.5 Å². The summed E-state index contributed by atoms with van der Waals surface area (Å²) in [5, 5.41) is 4.08. The number of hydrogen-bond acceptors (Lipinski definition) is 3. The maximum absolute atomic E-state index is 12.2. The van der Waals surface area contributed by atoms with Crippen LogP contribution in [-0.2, 0) is 5.41 Å². The molecule has 2 aromatic carbocycles. The number of hydrogen-bond donors (Lipinski definition) is 1. The summed E-state index contributed by atoms with van der Waals surface area (Å²) in [7, 11) is 1.65. The van der Waals surface area contributed by atoms with Crippen LogP contribution in [0.25, 0.3) is 0 Å². The van der Waals surface area contributed by atoms with Gasteiger partial charge in [0.15, 0.2) is 0 Å². The van der Waals surface area contributed by atoms with Gasteiger partial charge in [-0.25, -0.2) is 5.43 Å². The second-order valence-corrected chi connectivity index (χ2v) is 7.13. The minimum atomic E-state index is -0.223. The quantitative estimate of drug-likeness (QED) is 0.664. The highest BCUT2D eigenvalue weighted by Gasteiger charge is 2.14. The topological polar surface area (TPSA) is 50.7 Å². The number of nitrogens with one attached hydrogen (secondary N) is 1. The van der Waals surface area contributed by atoms with Crippen LogP contribution < -0.4 is 10.2 Å². The van der Waals surface area contributed by atoms with Gasteiger partial charge in [0.05, 0.1) is 13.3 Å². The Morgan fingerprint density at radius 3 is 2.24 bits per heavy atom. The van der Waals surface area contributed by atoms with Gasteiger partial charge in [-0.1, -0.05) is 32.9 Å². The fraction of sp³-hybridized carbons (Fsp3) is 0.333. The number of carbonyl (C=O) groups excluding carboxylic acids is 1. The first-order valence-corrected chi connectivity index (χ1v) is 8.32. The molecule has 0 aliphatic rings. The van der Waals surface area contributed by atoms with Crippen molar-refractivity contribution in [3.8, 4) is 5.75 Å². The number of rotatable bonds is 4. The van der Waals surface area contributed by atoms with E-state index >= 15 is 0 Å². The smallest absolute Gasteiger partial charge is 0.271 e. The third kappa shape index (κ3) is 4.47. The SMILES string of the molecule is COc1ccc(C=NNC(=O)c2ccc(C(C)(C)C)cc2)c(C)c1C. The molecule has 2 rings (SSSR count). The van der Waals surface area contributed by atoms with E-state index in [-0.39, 0.29) is 11.3 Å². The standard InChI is InChI=1S/C21H26N2O2/c1-14-15(2)19(25-6)12-9-17(14)13-22-23-20(24)16-7-10-18(11-8-16)21(3,4)5/h7-13H,1-6H3,(H,23,24). The molecule has 0 aromatic heterocycles. The number of amides is 1. The number of carbonyl (C=O) groups is 1. The summed E-state index contributed by atoms with van der Waals surface area (Å²) in [4.78, 5) is 12.2. The molecule has 4 nitrogen and oxygen atoms in total. The Balaban J connectivity index is 2.07. The van der Waals surface area contributed by atoms with Gasteiger partial charge in [-0.3, -0.25) is 4.79 Å². The summed E-state index contributed by atoms with van der Waals surface area (Å²) in [6, 6.07) is 11.4. The molecule has 4 heteroatoms. The molecule has 0 heterocycles. The number of nitrogens with zero attached hydrogens (tertiary/aromatic N) is 1. The van der Waals surface area contributed by atoms with Gasteiger partial charge >= 0.3 is 0 Å². The lowest BCUT2D eigenvalue weighted by Crippen LogP contribution is -2.18. The fourth-order valence-corrected chi connectivity index (χ4v) is 2.52. The molecule has 2 aromatic rings. The van der Waals surface area contributed by atoms with Gasteiger partial charge in [0, 0.05) is 5.56 Å². The second kappa shape index (κ2) is 7.51. The third-order valence-corrected chi connectivity index (χ3v) is 4.38. The van der Waals surface area contributed by atoms with E-state index in [1.807, 2.05) is 50.2 Å². The molecule has 1 N–H and O–H groups in total. The first-order valence-electron chi connectivity index (χ1n) is 8.32. The van der Waals surface area contributed by atoms with Gasteiger partial charge in [0.1, 0.15) is 5.75 Å². The minimum Gasteiger partial charge on any atom is -0.496 e. The molecule has 0 aliphatic heterocycles. The Hall–Kier alpha value is -2.62. The molecule has 0 atom stereocenters. The van der Waals surface area contributed by atoms with Crippen molar-refractivity contribution in [2.24, 2.45) is 5.10 Å². The van der Waals surface area contributed by atoms with Crippen molar-refractivity contribution >= 4 is 12.1 Å². The third-order valence-electron chi connectivity index (χ3n) is 4.38. The van der Waals surface area contributed by atoms with Gasteiger partial charge in [0.25, 0.3) is 5.91 Å². The number of benzene rings is 2. The number of hydrazone groups is 1. The predicted octanol–water partition coefficient (Wildman–Crippen LogP) is 4.37. The van der Waals surface area contributed by atoms with Crippen LogP contribution in [0.2, 0.25) is 0 Å². The van der Waals surface area contributed by atoms with Crippen LogP contribution in [0.5, 0.6) is 5.75 Å². The minimum absolute atomic E-state index is 0.0664. The summed E-state index contributed by atoms with van der Waals surface area (Å²) < 4.78 is 5.30. The Kier molecular flexibility index (Phi) is 5.62. The summed E-state index contributed by atoms with van der Waals surface area (Å²) in [6.07, 6.45) is 1.66. The first kappa shape index (κ1) is 18.7. The molecule has 132 valence electrons. The molecule has 0 bridgehead atoms. The van der Waals surface area contributed by atoms with Crippen molar-refractivity contribution in [3.63, 3.8) is 0 Å². The molecule has 1 amide bonds. The van der Waals surface area contributed by atoms with Crippen LogP contribution in [-0.4, -0.2) is 19.2 Å². The summed E-state index contributed by atoms with van der Waals surface area (Å²) in [6.45, 7) is 10.4. The van der Waals surface area contributed by atoms with Crippen molar-refractivity contribution in [1.29, 1.82) is 0 Å². The average Bonchev–Trinajstić information content (AvgIpc) is 2.58. The molecular formula is C21H26N2O2. The highest BCUT2D eigenvalue weighted by molar-refractivity contribution is 5.95. The van der Waals surface area contributed by atoms with Crippen LogP contribution in [0, 0.1) is 13.8 Å². The molecule has 0 unspecified atom stereocenters. The Labute approximate surface area is 149 Å². The van der Waals surface area contributed by atoms with Crippen molar-refractivity contribution in [3.05, 3.63) is 64.2 Å². The molecular weight excluding hydrogens is 312 g/mol. The van der Waals surface area contributed by atoms with Gasteiger partial charge in [-0.05, 0) is 65.8 Å². The van der Waals surface area contributed by atoms with Gasteiger partial charge in [0.2, 0.25) is 0 Å². The highest BCUT2D eigenvalue weighted by atomic mass is 16.5. The Morgan fingerprint density at radius 1 is 1.04 bits per heavy atom. The molecule has 0 spiro atoms. The molecule has 0 aliphatic carbocycles. The zero-order valence-corrected chi connectivity index (χ0v) is 15.8. The van der Waals surface area contributed by atoms with E-state index in [9.17, 15) is 4.79 Å². The normalized spacial score (nSPS) is 11.6. The summed E-state index contributed by atoms with van der Waals surface area (Å²) >= 11 is 0. The van der Waals surface area contributed by atoms with Crippen LogP contribution in [0.3, 0.4) is 0 Å². The van der Waals surface area contributed by atoms with E-state index in [2.05, 4.69) is 31.3 Å². The van der Waals surface area contributed by atoms with E-state index in [4.69, 9.17) is 4.74 Å². The summed E-state index contributed by atoms with van der Waals surface area (Å²) in [5.41, 5.74) is 7.52. The molecule has 25 heavy (non-hydrogen) atoms. The lowest BCUT2D eigenvalue weighted by molar-refractivity contribution is 0.0955. The maximum atomic E-state index is 12.2. The van der Waals surface area contributed by atoms with Crippen molar-refractivity contribution in [2.75, 3.05) is 7.11 Å². The zero-order chi connectivity index (χ0) is 18.6. The lowest BCUT2D eigenvalue weighted by Gasteiger charge is -2.18. The fourth-order valence-electron chi connectivity index (χ4n) is 2.52. The molecule has 0 fully saturated rings. The molecule has 0 saturated carbocycles. The van der Waals surface area contributed by atoms with E-state index in [0.29, 0.717) is 5.56 Å². The summed E-state index contributed by atoms with van der Waals surface area (Å²) in [5.74, 6) is 0.622. The van der Waals surface area contributed by atoms with Gasteiger partial charge in [-0.15, -0.1) is 0 Å². The van der Waals surface area contributed by atoms with E-state index in [0.717, 1.165) is 22.4 Å². The number of methoxy groups -OCH3 is 1. The molecule has 0 saturated heterocycles. The zero-order valence-electron chi connectivity index (χ0n) is 15.8. The van der Waals surface area contributed by atoms with Gasteiger partial charge < -0.3 is 4.74 Å². The lowest BCUT2D eigenvalue weighted by atomic mass is 9.87. The predicted molar refractivity (Wildman–Crippen MR) is 103 cm³/mol. The molecule has 0 radical (unpaired) electrons. The van der Waals surface area contributed by atoms with Crippen LogP contribution in [0.4, 0.5) is 0 Å². The Bertz CT molecular complexity index is 785.